The second kappa shape index (κ2) is 4.06. The Kier molecular flexibility index (Phi) is 2.82. The van der Waals surface area contributed by atoms with Crippen molar-refractivity contribution >= 4 is 11.6 Å². The van der Waals surface area contributed by atoms with Gasteiger partial charge in [-0.2, -0.15) is 5.10 Å². The number of aromatic carboxylic acids is 1. The van der Waals surface area contributed by atoms with E-state index in [-0.39, 0.29) is 5.56 Å². The van der Waals surface area contributed by atoms with Gasteiger partial charge in [-0.1, -0.05) is 0 Å². The van der Waals surface area contributed by atoms with Crippen molar-refractivity contribution < 1.29 is 14.6 Å². The largest absolute Gasteiger partial charge is 0.478 e. The Bertz CT molecular complexity index is 616. The van der Waals surface area contributed by atoms with Gasteiger partial charge in [0.1, 0.15) is 0 Å². The smallest absolute Gasteiger partial charge is 0.337 e. The fraction of sp³-hybridized carbons (Fsp3) is 0.417. The van der Waals surface area contributed by atoms with Crippen LogP contribution in [0.3, 0.4) is 0 Å². The number of hydrogen-bond donors (Lipinski definition) is 1. The number of carbonyl (C=O) groups is 1. The standard InChI is InChI=1S/C12H15N3O3/c1-7-6-15-10(14-7)9(12(2,3)18-4)8(5-13-15)11(16)17/h5-6H,1-4H3,(H,16,17). The van der Waals surface area contributed by atoms with E-state index >= 15 is 0 Å². The molecule has 6 nitrogen and oxygen atoms in total. The summed E-state index contributed by atoms with van der Waals surface area (Å²) in [5.41, 5.74) is 1.17. The molecule has 0 saturated heterocycles. The molecule has 0 unspecified atom stereocenters. The van der Waals surface area contributed by atoms with Crippen molar-refractivity contribution in [1.29, 1.82) is 0 Å². The van der Waals surface area contributed by atoms with Gasteiger partial charge in [0.05, 0.1) is 29.3 Å². The topological polar surface area (TPSA) is 76.7 Å². The van der Waals surface area contributed by atoms with Crippen molar-refractivity contribution in [1.82, 2.24) is 14.6 Å². The quantitative estimate of drug-likeness (QED) is 0.894. The van der Waals surface area contributed by atoms with Gasteiger partial charge in [-0.05, 0) is 20.8 Å². The molecule has 96 valence electrons. The fourth-order valence-electron chi connectivity index (χ4n) is 1.91. The average Bonchev–Trinajstić information content (AvgIpc) is 2.67. The molecule has 0 aromatic carbocycles. The highest BCUT2D eigenvalue weighted by Gasteiger charge is 2.30. The molecule has 18 heavy (non-hydrogen) atoms. The Morgan fingerprint density at radius 1 is 1.50 bits per heavy atom. The molecular weight excluding hydrogens is 234 g/mol. The van der Waals surface area contributed by atoms with Crippen LogP contribution in [0.1, 0.15) is 35.5 Å². The molecule has 6 heteroatoms. The van der Waals surface area contributed by atoms with E-state index in [9.17, 15) is 9.90 Å². The number of aromatic nitrogens is 3. The van der Waals surface area contributed by atoms with Crippen molar-refractivity contribution in [2.45, 2.75) is 26.4 Å². The third-order valence-electron chi connectivity index (χ3n) is 2.96. The van der Waals surface area contributed by atoms with Gasteiger partial charge in [-0.15, -0.1) is 0 Å². The Morgan fingerprint density at radius 2 is 2.17 bits per heavy atom. The minimum atomic E-state index is -1.04. The molecule has 0 saturated carbocycles. The van der Waals surface area contributed by atoms with Crippen LogP contribution in [0.15, 0.2) is 12.4 Å². The zero-order valence-corrected chi connectivity index (χ0v) is 10.8. The Labute approximate surface area is 104 Å². The van der Waals surface area contributed by atoms with Gasteiger partial charge in [0, 0.05) is 12.7 Å². The van der Waals surface area contributed by atoms with Crippen molar-refractivity contribution in [2.24, 2.45) is 0 Å². The van der Waals surface area contributed by atoms with Gasteiger partial charge < -0.3 is 9.84 Å². The van der Waals surface area contributed by atoms with E-state index in [1.807, 2.05) is 6.92 Å². The molecule has 2 aromatic heterocycles. The number of imidazole rings is 1. The van der Waals surface area contributed by atoms with Crippen LogP contribution in [-0.4, -0.2) is 32.8 Å². The molecule has 1 N–H and O–H groups in total. The highest BCUT2D eigenvalue weighted by Crippen LogP contribution is 2.30. The molecule has 0 aliphatic carbocycles. The van der Waals surface area contributed by atoms with Crippen LogP contribution in [0.25, 0.3) is 5.65 Å². The molecule has 0 aliphatic heterocycles. The highest BCUT2D eigenvalue weighted by molar-refractivity contribution is 5.91. The molecule has 0 atom stereocenters. The first-order valence-corrected chi connectivity index (χ1v) is 5.50. The predicted molar refractivity (Wildman–Crippen MR) is 64.7 cm³/mol. The molecule has 0 bridgehead atoms. The molecule has 0 amide bonds. The first kappa shape index (κ1) is 12.5. The number of nitrogens with zero attached hydrogens (tertiary/aromatic N) is 3. The Morgan fingerprint density at radius 3 is 2.72 bits per heavy atom. The lowest BCUT2D eigenvalue weighted by Crippen LogP contribution is -2.25. The number of carboxylic acid groups (broad SMARTS) is 1. The zero-order valence-electron chi connectivity index (χ0n) is 10.8. The zero-order chi connectivity index (χ0) is 13.5. The number of rotatable bonds is 3. The van der Waals surface area contributed by atoms with Gasteiger partial charge in [0.25, 0.3) is 0 Å². The third kappa shape index (κ3) is 1.84. The SMILES string of the molecule is COC(C)(C)c1c(C(=O)O)cnn2cc(C)nc12. The van der Waals surface area contributed by atoms with Crippen molar-refractivity contribution in [3.05, 3.63) is 29.2 Å². The first-order valence-electron chi connectivity index (χ1n) is 5.50. The van der Waals surface area contributed by atoms with E-state index < -0.39 is 11.6 Å². The second-order valence-corrected chi connectivity index (χ2v) is 4.60. The first-order chi connectivity index (χ1) is 8.36. The molecule has 0 aliphatic rings. The van der Waals surface area contributed by atoms with E-state index in [2.05, 4.69) is 10.1 Å². The van der Waals surface area contributed by atoms with Crippen LogP contribution in [0.2, 0.25) is 0 Å². The molecule has 0 radical (unpaired) electrons. The summed E-state index contributed by atoms with van der Waals surface area (Å²) in [4.78, 5) is 15.6. The minimum Gasteiger partial charge on any atom is -0.478 e. The van der Waals surface area contributed by atoms with Crippen LogP contribution in [0.5, 0.6) is 0 Å². The van der Waals surface area contributed by atoms with Crippen LogP contribution >= 0.6 is 0 Å². The van der Waals surface area contributed by atoms with Gasteiger partial charge >= 0.3 is 5.97 Å². The summed E-state index contributed by atoms with van der Waals surface area (Å²) in [5.74, 6) is -1.04. The van der Waals surface area contributed by atoms with Crippen LogP contribution < -0.4 is 0 Å². The van der Waals surface area contributed by atoms with Gasteiger partial charge in [0.2, 0.25) is 0 Å². The fourth-order valence-corrected chi connectivity index (χ4v) is 1.91. The average molecular weight is 249 g/mol. The summed E-state index contributed by atoms with van der Waals surface area (Å²) < 4.78 is 6.95. The minimum absolute atomic E-state index is 0.111. The molecule has 2 rings (SSSR count). The van der Waals surface area contributed by atoms with Crippen LogP contribution in [-0.2, 0) is 10.3 Å². The normalized spacial score (nSPS) is 12.0. The second-order valence-electron chi connectivity index (χ2n) is 4.60. The van der Waals surface area contributed by atoms with E-state index in [1.165, 1.54) is 6.20 Å². The third-order valence-corrected chi connectivity index (χ3v) is 2.96. The van der Waals surface area contributed by atoms with E-state index in [4.69, 9.17) is 4.74 Å². The number of aryl methyl sites for hydroxylation is 1. The van der Waals surface area contributed by atoms with E-state index in [1.54, 1.807) is 31.7 Å². The lowest BCUT2D eigenvalue weighted by molar-refractivity contribution is 0.0182. The van der Waals surface area contributed by atoms with Crippen LogP contribution in [0.4, 0.5) is 0 Å². The predicted octanol–water partition coefficient (Wildman–Crippen LogP) is 1.62. The molecule has 0 spiro atoms. The monoisotopic (exact) mass is 249 g/mol. The molecule has 2 aromatic rings. The maximum absolute atomic E-state index is 11.3. The molecule has 0 fully saturated rings. The number of carboxylic acids is 1. The number of hydrogen-bond acceptors (Lipinski definition) is 4. The van der Waals surface area contributed by atoms with Gasteiger partial charge in [-0.25, -0.2) is 14.3 Å². The maximum Gasteiger partial charge on any atom is 0.337 e. The molecular formula is C12H15N3O3. The Balaban J connectivity index is 2.86. The summed E-state index contributed by atoms with van der Waals surface area (Å²) in [5, 5.41) is 13.3. The summed E-state index contributed by atoms with van der Waals surface area (Å²) in [6.45, 7) is 5.44. The summed E-state index contributed by atoms with van der Waals surface area (Å²) in [6, 6.07) is 0. The summed E-state index contributed by atoms with van der Waals surface area (Å²) in [6.07, 6.45) is 3.07. The number of ether oxygens (including phenoxy) is 1. The molecule has 2 heterocycles. The number of fused-ring (bicyclic) bond motifs is 1. The van der Waals surface area contributed by atoms with Crippen molar-refractivity contribution in [3.63, 3.8) is 0 Å². The van der Waals surface area contributed by atoms with Crippen molar-refractivity contribution in [2.75, 3.05) is 7.11 Å². The van der Waals surface area contributed by atoms with Crippen molar-refractivity contribution in [3.8, 4) is 0 Å². The van der Waals surface area contributed by atoms with E-state index in [0.29, 0.717) is 11.2 Å². The van der Waals surface area contributed by atoms with E-state index in [0.717, 1.165) is 5.69 Å². The van der Waals surface area contributed by atoms with Gasteiger partial charge in [-0.3, -0.25) is 0 Å². The summed E-state index contributed by atoms with van der Waals surface area (Å²) in [7, 11) is 1.54. The summed E-state index contributed by atoms with van der Waals surface area (Å²) >= 11 is 0. The maximum atomic E-state index is 11.3. The highest BCUT2D eigenvalue weighted by atomic mass is 16.5. The lowest BCUT2D eigenvalue weighted by Gasteiger charge is -2.25. The Hall–Kier alpha value is -1.95. The van der Waals surface area contributed by atoms with Crippen LogP contribution in [0, 0.1) is 6.92 Å². The number of methoxy groups -OCH3 is 1. The van der Waals surface area contributed by atoms with Gasteiger partial charge in [0.15, 0.2) is 5.65 Å². The lowest BCUT2D eigenvalue weighted by atomic mass is 9.95.